The second kappa shape index (κ2) is 4.09. The first-order chi connectivity index (χ1) is 7.65. The quantitative estimate of drug-likeness (QED) is 0.847. The van der Waals surface area contributed by atoms with Crippen LogP contribution in [-0.4, -0.2) is 21.7 Å². The Morgan fingerprint density at radius 1 is 1.50 bits per heavy atom. The van der Waals surface area contributed by atoms with Gasteiger partial charge in [-0.05, 0) is 11.6 Å². The van der Waals surface area contributed by atoms with E-state index in [1.807, 2.05) is 12.3 Å². The Bertz CT molecular complexity index is 504. The van der Waals surface area contributed by atoms with Gasteiger partial charge in [-0.3, -0.25) is 0 Å². The van der Waals surface area contributed by atoms with E-state index in [2.05, 4.69) is 23.9 Å². The number of fused-ring (bicyclic) bond motifs is 1. The molecule has 0 fully saturated rings. The van der Waals surface area contributed by atoms with Gasteiger partial charge in [-0.2, -0.15) is 5.10 Å². The highest BCUT2D eigenvalue weighted by atomic mass is 16.5. The van der Waals surface area contributed by atoms with Crippen LogP contribution in [-0.2, 0) is 6.54 Å². The Balaban J connectivity index is 2.65. The molecule has 0 bridgehead atoms. The molecule has 5 heteroatoms. The Morgan fingerprint density at radius 2 is 2.25 bits per heavy atom. The summed E-state index contributed by atoms with van der Waals surface area (Å²) in [5.41, 5.74) is 7.33. The third kappa shape index (κ3) is 1.74. The van der Waals surface area contributed by atoms with E-state index >= 15 is 0 Å². The molecule has 0 aliphatic rings. The third-order valence-electron chi connectivity index (χ3n) is 2.44. The van der Waals surface area contributed by atoms with Crippen LogP contribution in [0.4, 0.5) is 0 Å². The molecule has 2 aromatic heterocycles. The molecule has 2 N–H and O–H groups in total. The molecule has 2 heterocycles. The van der Waals surface area contributed by atoms with Crippen LogP contribution in [0.5, 0.6) is 5.75 Å². The van der Waals surface area contributed by atoms with Gasteiger partial charge in [0.1, 0.15) is 0 Å². The summed E-state index contributed by atoms with van der Waals surface area (Å²) in [6, 6.07) is 1.90. The molecule has 0 unspecified atom stereocenters. The second-order valence-corrected chi connectivity index (χ2v) is 4.01. The molecule has 5 nitrogen and oxygen atoms in total. The van der Waals surface area contributed by atoms with E-state index in [4.69, 9.17) is 10.5 Å². The van der Waals surface area contributed by atoms with E-state index in [1.165, 1.54) is 0 Å². The van der Waals surface area contributed by atoms with Crippen molar-refractivity contribution in [3.05, 3.63) is 23.7 Å². The zero-order chi connectivity index (χ0) is 11.7. The van der Waals surface area contributed by atoms with Crippen molar-refractivity contribution >= 4 is 5.65 Å². The number of pyridine rings is 1. The summed E-state index contributed by atoms with van der Waals surface area (Å²) in [5.74, 6) is 1.82. The molecular formula is C11H16N4O. The van der Waals surface area contributed by atoms with Gasteiger partial charge in [0.15, 0.2) is 17.2 Å². The van der Waals surface area contributed by atoms with Crippen LogP contribution in [0.1, 0.15) is 31.2 Å². The smallest absolute Gasteiger partial charge is 0.198 e. The zero-order valence-corrected chi connectivity index (χ0v) is 9.77. The Hall–Kier alpha value is -1.62. The van der Waals surface area contributed by atoms with Crippen molar-refractivity contribution in [1.82, 2.24) is 14.6 Å². The van der Waals surface area contributed by atoms with E-state index in [0.717, 1.165) is 17.0 Å². The normalized spacial score (nSPS) is 11.3. The maximum atomic E-state index is 5.61. The fraction of sp³-hybridized carbons (Fsp3) is 0.455. The van der Waals surface area contributed by atoms with Crippen molar-refractivity contribution in [3.63, 3.8) is 0 Å². The summed E-state index contributed by atoms with van der Waals surface area (Å²) >= 11 is 0. The van der Waals surface area contributed by atoms with Crippen molar-refractivity contribution in [2.75, 3.05) is 7.11 Å². The molecular weight excluding hydrogens is 204 g/mol. The van der Waals surface area contributed by atoms with Gasteiger partial charge >= 0.3 is 0 Å². The van der Waals surface area contributed by atoms with Gasteiger partial charge in [0.25, 0.3) is 0 Å². The largest absolute Gasteiger partial charge is 0.493 e. The fourth-order valence-electron chi connectivity index (χ4n) is 1.53. The standard InChI is InChI=1S/C11H16N4O/c1-7(2)10-13-11-9(16-3)4-8(5-12)6-15(11)14-10/h4,6-7H,5,12H2,1-3H3. The SMILES string of the molecule is COc1cc(CN)cn2nc(C(C)C)nc12. The van der Waals surface area contributed by atoms with Gasteiger partial charge in [0.05, 0.1) is 7.11 Å². The number of ether oxygens (including phenoxy) is 1. The lowest BCUT2D eigenvalue weighted by molar-refractivity contribution is 0.416. The highest BCUT2D eigenvalue weighted by Gasteiger charge is 2.12. The molecule has 0 saturated heterocycles. The summed E-state index contributed by atoms with van der Waals surface area (Å²) in [4.78, 5) is 4.44. The van der Waals surface area contributed by atoms with Crippen LogP contribution in [0.2, 0.25) is 0 Å². The lowest BCUT2D eigenvalue weighted by atomic mass is 10.2. The molecule has 0 atom stereocenters. The summed E-state index contributed by atoms with van der Waals surface area (Å²) in [6.45, 7) is 4.58. The average Bonchev–Trinajstić information content (AvgIpc) is 2.71. The lowest BCUT2D eigenvalue weighted by Crippen LogP contribution is -2.01. The maximum Gasteiger partial charge on any atom is 0.198 e. The molecule has 86 valence electrons. The minimum absolute atomic E-state index is 0.297. The summed E-state index contributed by atoms with van der Waals surface area (Å²) in [7, 11) is 1.62. The van der Waals surface area contributed by atoms with Crippen LogP contribution in [0.3, 0.4) is 0 Å². The average molecular weight is 220 g/mol. The molecule has 0 radical (unpaired) electrons. The van der Waals surface area contributed by atoms with Crippen LogP contribution in [0, 0.1) is 0 Å². The monoisotopic (exact) mass is 220 g/mol. The van der Waals surface area contributed by atoms with E-state index < -0.39 is 0 Å². The van der Waals surface area contributed by atoms with E-state index in [-0.39, 0.29) is 0 Å². The summed E-state index contributed by atoms with van der Waals surface area (Å²) in [5, 5.41) is 4.40. The molecule has 0 aliphatic carbocycles. The first-order valence-electron chi connectivity index (χ1n) is 5.29. The van der Waals surface area contributed by atoms with Crippen molar-refractivity contribution < 1.29 is 4.74 Å². The molecule has 2 aromatic rings. The van der Waals surface area contributed by atoms with Gasteiger partial charge in [-0.25, -0.2) is 9.50 Å². The zero-order valence-electron chi connectivity index (χ0n) is 9.77. The molecule has 0 saturated carbocycles. The van der Waals surface area contributed by atoms with E-state index in [0.29, 0.717) is 18.2 Å². The Morgan fingerprint density at radius 3 is 2.81 bits per heavy atom. The van der Waals surface area contributed by atoms with Crippen LogP contribution < -0.4 is 10.5 Å². The lowest BCUT2D eigenvalue weighted by Gasteiger charge is -2.03. The second-order valence-electron chi connectivity index (χ2n) is 4.01. The number of hydrogen-bond acceptors (Lipinski definition) is 4. The predicted molar refractivity (Wildman–Crippen MR) is 61.5 cm³/mol. The van der Waals surface area contributed by atoms with Gasteiger partial charge < -0.3 is 10.5 Å². The van der Waals surface area contributed by atoms with Crippen molar-refractivity contribution in [2.45, 2.75) is 26.3 Å². The summed E-state index contributed by atoms with van der Waals surface area (Å²) in [6.07, 6.45) is 1.89. The number of hydrogen-bond donors (Lipinski definition) is 1. The van der Waals surface area contributed by atoms with Gasteiger partial charge in [0.2, 0.25) is 0 Å². The number of nitrogens with two attached hydrogens (primary N) is 1. The number of nitrogens with zero attached hydrogens (tertiary/aromatic N) is 3. The third-order valence-corrected chi connectivity index (χ3v) is 2.44. The van der Waals surface area contributed by atoms with Crippen molar-refractivity contribution in [2.24, 2.45) is 5.73 Å². The maximum absolute atomic E-state index is 5.61. The molecule has 2 rings (SSSR count). The van der Waals surface area contributed by atoms with Gasteiger partial charge in [-0.1, -0.05) is 13.8 Å². The molecule has 0 spiro atoms. The van der Waals surface area contributed by atoms with Crippen LogP contribution in [0.15, 0.2) is 12.3 Å². The van der Waals surface area contributed by atoms with Crippen LogP contribution >= 0.6 is 0 Å². The number of aromatic nitrogens is 3. The van der Waals surface area contributed by atoms with E-state index in [1.54, 1.807) is 11.6 Å². The highest BCUT2D eigenvalue weighted by Crippen LogP contribution is 2.21. The van der Waals surface area contributed by atoms with E-state index in [9.17, 15) is 0 Å². The topological polar surface area (TPSA) is 65.4 Å². The fourth-order valence-corrected chi connectivity index (χ4v) is 1.53. The molecule has 0 aromatic carbocycles. The predicted octanol–water partition coefficient (Wildman–Crippen LogP) is 1.32. The van der Waals surface area contributed by atoms with Gasteiger partial charge in [0, 0.05) is 18.7 Å². The first-order valence-corrected chi connectivity index (χ1v) is 5.29. The molecule has 0 amide bonds. The van der Waals surface area contributed by atoms with Crippen molar-refractivity contribution in [1.29, 1.82) is 0 Å². The molecule has 0 aliphatic heterocycles. The number of methoxy groups -OCH3 is 1. The highest BCUT2D eigenvalue weighted by molar-refractivity contribution is 5.54. The number of rotatable bonds is 3. The Labute approximate surface area is 94.2 Å². The minimum Gasteiger partial charge on any atom is -0.493 e. The van der Waals surface area contributed by atoms with Crippen LogP contribution in [0.25, 0.3) is 5.65 Å². The van der Waals surface area contributed by atoms with Crippen molar-refractivity contribution in [3.8, 4) is 5.75 Å². The molecule has 16 heavy (non-hydrogen) atoms. The van der Waals surface area contributed by atoms with Gasteiger partial charge in [-0.15, -0.1) is 0 Å². The minimum atomic E-state index is 0.297. The first kappa shape index (κ1) is 10.9. The Kier molecular flexibility index (Phi) is 2.78. The summed E-state index contributed by atoms with van der Waals surface area (Å²) < 4.78 is 7.02.